The van der Waals surface area contributed by atoms with Crippen LogP contribution < -0.4 is 0 Å². The van der Waals surface area contributed by atoms with E-state index in [0.29, 0.717) is 5.92 Å². The Bertz CT molecular complexity index is 181. The Kier molecular flexibility index (Phi) is 4.93. The summed E-state index contributed by atoms with van der Waals surface area (Å²) in [5.74, 6) is 7.27. The number of hydrogen-bond donors (Lipinski definition) is 0. The molecule has 0 radical (unpaired) electrons. The van der Waals surface area contributed by atoms with Gasteiger partial charge in [0.1, 0.15) is 0 Å². The highest BCUT2D eigenvalue weighted by Crippen LogP contribution is 2.22. The van der Waals surface area contributed by atoms with E-state index in [0.717, 1.165) is 6.42 Å². The van der Waals surface area contributed by atoms with E-state index in [1.165, 1.54) is 32.1 Å². The van der Waals surface area contributed by atoms with Gasteiger partial charge < -0.3 is 4.74 Å². The van der Waals surface area contributed by atoms with Gasteiger partial charge in [-0.05, 0) is 19.8 Å². The Labute approximate surface area is 81.9 Å². The topological polar surface area (TPSA) is 9.23 Å². The largest absolute Gasteiger partial charge is 0.381 e. The Morgan fingerprint density at radius 2 is 2.00 bits per heavy atom. The average molecular weight is 180 g/mol. The Morgan fingerprint density at radius 3 is 2.62 bits per heavy atom. The molecule has 1 fully saturated rings. The van der Waals surface area contributed by atoms with Crippen molar-refractivity contribution in [3.8, 4) is 11.8 Å². The van der Waals surface area contributed by atoms with E-state index in [2.05, 4.69) is 18.8 Å². The minimum Gasteiger partial charge on any atom is -0.381 e. The lowest BCUT2D eigenvalue weighted by Gasteiger charge is -2.15. The molecule has 1 unspecified atom stereocenters. The molecular formula is C12H20O. The molecule has 1 nitrogen and oxygen atoms in total. The molecule has 0 saturated heterocycles. The maximum Gasteiger partial charge on any atom is 0.0652 e. The summed E-state index contributed by atoms with van der Waals surface area (Å²) >= 11 is 0. The normalized spacial score (nSPS) is 20.5. The quantitative estimate of drug-likeness (QED) is 0.594. The molecule has 1 saturated carbocycles. The van der Waals surface area contributed by atoms with Crippen molar-refractivity contribution in [2.24, 2.45) is 5.92 Å². The predicted octanol–water partition coefficient (Wildman–Crippen LogP) is 3.00. The summed E-state index contributed by atoms with van der Waals surface area (Å²) in [6, 6.07) is 0. The van der Waals surface area contributed by atoms with Crippen LogP contribution in [0.1, 0.15) is 45.4 Å². The molecule has 1 aliphatic rings. The standard InChI is InChI=1S/C12H20O/c1-11(13-2)7-6-10-12-8-4-3-5-9-12/h11-12H,3-5,7-9H2,1-2H3. The summed E-state index contributed by atoms with van der Waals surface area (Å²) in [6.45, 7) is 2.07. The molecule has 0 amide bonds. The number of rotatable bonds is 2. The van der Waals surface area contributed by atoms with Crippen LogP contribution in [0.2, 0.25) is 0 Å². The van der Waals surface area contributed by atoms with Crippen molar-refractivity contribution in [1.82, 2.24) is 0 Å². The lowest BCUT2D eigenvalue weighted by molar-refractivity contribution is 0.123. The second-order valence-electron chi connectivity index (χ2n) is 3.91. The Hall–Kier alpha value is -0.480. The van der Waals surface area contributed by atoms with Crippen LogP contribution in [0.5, 0.6) is 0 Å². The summed E-state index contributed by atoms with van der Waals surface area (Å²) in [6.07, 6.45) is 7.96. The molecule has 0 N–H and O–H groups in total. The molecule has 0 heterocycles. The zero-order valence-electron chi connectivity index (χ0n) is 8.81. The highest BCUT2D eigenvalue weighted by Gasteiger charge is 2.09. The van der Waals surface area contributed by atoms with Crippen LogP contribution in [-0.2, 0) is 4.74 Å². The van der Waals surface area contributed by atoms with E-state index >= 15 is 0 Å². The Balaban J connectivity index is 2.20. The second-order valence-corrected chi connectivity index (χ2v) is 3.91. The van der Waals surface area contributed by atoms with Gasteiger partial charge in [-0.3, -0.25) is 0 Å². The molecule has 1 rings (SSSR count). The van der Waals surface area contributed by atoms with E-state index < -0.39 is 0 Å². The first-order valence-corrected chi connectivity index (χ1v) is 5.34. The van der Waals surface area contributed by atoms with E-state index in [4.69, 9.17) is 4.74 Å². The van der Waals surface area contributed by atoms with Crippen LogP contribution >= 0.6 is 0 Å². The van der Waals surface area contributed by atoms with Gasteiger partial charge in [0, 0.05) is 19.4 Å². The predicted molar refractivity (Wildman–Crippen MR) is 55.4 cm³/mol. The molecule has 0 aromatic rings. The second kappa shape index (κ2) is 6.05. The monoisotopic (exact) mass is 180 g/mol. The first-order chi connectivity index (χ1) is 6.33. The first kappa shape index (κ1) is 10.6. The first-order valence-electron chi connectivity index (χ1n) is 5.34. The Morgan fingerprint density at radius 1 is 1.31 bits per heavy atom. The molecule has 0 aromatic heterocycles. The van der Waals surface area contributed by atoms with Crippen molar-refractivity contribution in [1.29, 1.82) is 0 Å². The van der Waals surface area contributed by atoms with Crippen LogP contribution in [0.15, 0.2) is 0 Å². The summed E-state index contributed by atoms with van der Waals surface area (Å²) < 4.78 is 5.14. The molecule has 13 heavy (non-hydrogen) atoms. The van der Waals surface area contributed by atoms with Gasteiger partial charge >= 0.3 is 0 Å². The highest BCUT2D eigenvalue weighted by atomic mass is 16.5. The van der Waals surface area contributed by atoms with Crippen LogP contribution in [0.3, 0.4) is 0 Å². The van der Waals surface area contributed by atoms with Gasteiger partial charge in [0.25, 0.3) is 0 Å². The van der Waals surface area contributed by atoms with Crippen molar-refractivity contribution >= 4 is 0 Å². The van der Waals surface area contributed by atoms with Gasteiger partial charge in [-0.25, -0.2) is 0 Å². The average Bonchev–Trinajstić information content (AvgIpc) is 2.19. The number of ether oxygens (including phenoxy) is 1. The van der Waals surface area contributed by atoms with Gasteiger partial charge in [-0.15, -0.1) is 5.92 Å². The summed E-state index contributed by atoms with van der Waals surface area (Å²) in [7, 11) is 1.74. The van der Waals surface area contributed by atoms with Crippen LogP contribution in [0.4, 0.5) is 0 Å². The van der Waals surface area contributed by atoms with E-state index in [-0.39, 0.29) is 6.10 Å². The van der Waals surface area contributed by atoms with Gasteiger partial charge in [0.05, 0.1) is 6.10 Å². The van der Waals surface area contributed by atoms with Crippen LogP contribution in [0.25, 0.3) is 0 Å². The van der Waals surface area contributed by atoms with E-state index in [9.17, 15) is 0 Å². The van der Waals surface area contributed by atoms with Gasteiger partial charge in [0.15, 0.2) is 0 Å². The molecule has 0 aliphatic heterocycles. The van der Waals surface area contributed by atoms with Crippen LogP contribution in [0, 0.1) is 17.8 Å². The van der Waals surface area contributed by atoms with Crippen molar-refractivity contribution in [2.45, 2.75) is 51.6 Å². The molecule has 0 aromatic carbocycles. The van der Waals surface area contributed by atoms with Gasteiger partial charge in [0.2, 0.25) is 0 Å². The molecule has 0 spiro atoms. The minimum absolute atomic E-state index is 0.288. The fraction of sp³-hybridized carbons (Fsp3) is 0.833. The SMILES string of the molecule is COC(C)CC#CC1CCCCC1. The highest BCUT2D eigenvalue weighted by molar-refractivity contribution is 5.05. The van der Waals surface area contributed by atoms with E-state index in [1.807, 2.05) is 0 Å². The van der Waals surface area contributed by atoms with Crippen molar-refractivity contribution in [3.63, 3.8) is 0 Å². The third-order valence-corrected chi connectivity index (χ3v) is 2.70. The fourth-order valence-corrected chi connectivity index (χ4v) is 1.68. The van der Waals surface area contributed by atoms with Crippen molar-refractivity contribution in [3.05, 3.63) is 0 Å². The number of hydrogen-bond acceptors (Lipinski definition) is 1. The summed E-state index contributed by atoms with van der Waals surface area (Å²) in [4.78, 5) is 0. The lowest BCUT2D eigenvalue weighted by Crippen LogP contribution is -2.05. The summed E-state index contributed by atoms with van der Waals surface area (Å²) in [5.41, 5.74) is 0. The lowest BCUT2D eigenvalue weighted by atomic mass is 9.90. The van der Waals surface area contributed by atoms with Gasteiger partial charge in [-0.2, -0.15) is 0 Å². The molecule has 74 valence electrons. The molecule has 1 atom stereocenters. The third-order valence-electron chi connectivity index (χ3n) is 2.70. The molecule has 1 aliphatic carbocycles. The zero-order valence-corrected chi connectivity index (χ0v) is 8.81. The zero-order chi connectivity index (χ0) is 9.52. The molecular weight excluding hydrogens is 160 g/mol. The molecule has 0 bridgehead atoms. The smallest absolute Gasteiger partial charge is 0.0652 e. The number of methoxy groups -OCH3 is 1. The fourth-order valence-electron chi connectivity index (χ4n) is 1.68. The van der Waals surface area contributed by atoms with Crippen molar-refractivity contribution < 1.29 is 4.74 Å². The third kappa shape index (κ3) is 4.33. The maximum absolute atomic E-state index is 5.14. The minimum atomic E-state index is 0.288. The van der Waals surface area contributed by atoms with Gasteiger partial charge in [-0.1, -0.05) is 25.2 Å². The molecule has 1 heteroatoms. The van der Waals surface area contributed by atoms with Crippen LogP contribution in [-0.4, -0.2) is 13.2 Å². The van der Waals surface area contributed by atoms with E-state index in [1.54, 1.807) is 7.11 Å². The maximum atomic E-state index is 5.14. The van der Waals surface area contributed by atoms with Crippen molar-refractivity contribution in [2.75, 3.05) is 7.11 Å². The summed E-state index contributed by atoms with van der Waals surface area (Å²) in [5, 5.41) is 0.